The highest BCUT2D eigenvalue weighted by molar-refractivity contribution is 9.10. The van der Waals surface area contributed by atoms with E-state index < -0.39 is 0 Å². The van der Waals surface area contributed by atoms with E-state index in [-0.39, 0.29) is 5.82 Å². The van der Waals surface area contributed by atoms with Crippen LogP contribution in [0.4, 0.5) is 21.5 Å². The Hall–Kier alpha value is -1.55. The molecule has 4 heteroatoms. The number of aryl methyl sites for hydroxylation is 1. The van der Waals surface area contributed by atoms with Gasteiger partial charge < -0.3 is 11.1 Å². The number of nitrogens with one attached hydrogen (secondary N) is 1. The first-order valence-electron chi connectivity index (χ1n) is 5.15. The van der Waals surface area contributed by atoms with Crippen LogP contribution in [0, 0.1) is 12.7 Å². The van der Waals surface area contributed by atoms with Crippen molar-refractivity contribution in [2.24, 2.45) is 0 Å². The number of nitrogens with two attached hydrogens (primary N) is 1. The SMILES string of the molecule is Cc1cccc(N)c1Nc1ccc(F)c(Br)c1. The molecule has 2 rings (SSSR count). The fourth-order valence-electron chi connectivity index (χ4n) is 1.58. The van der Waals surface area contributed by atoms with Crippen LogP contribution < -0.4 is 11.1 Å². The summed E-state index contributed by atoms with van der Waals surface area (Å²) in [7, 11) is 0. The number of para-hydroxylation sites is 1. The van der Waals surface area contributed by atoms with Gasteiger partial charge in [0, 0.05) is 5.69 Å². The Bertz CT molecular complexity index is 535. The smallest absolute Gasteiger partial charge is 0.137 e. The molecular formula is C13H12BrFN2. The van der Waals surface area contributed by atoms with Crippen molar-refractivity contribution < 1.29 is 4.39 Å². The fourth-order valence-corrected chi connectivity index (χ4v) is 1.96. The van der Waals surface area contributed by atoms with Gasteiger partial charge in [0.05, 0.1) is 15.8 Å². The van der Waals surface area contributed by atoms with Crippen LogP contribution in [0.25, 0.3) is 0 Å². The Labute approximate surface area is 108 Å². The Morgan fingerprint density at radius 1 is 1.24 bits per heavy atom. The maximum absolute atomic E-state index is 13.1. The lowest BCUT2D eigenvalue weighted by atomic mass is 10.1. The minimum absolute atomic E-state index is 0.284. The van der Waals surface area contributed by atoms with Gasteiger partial charge in [-0.1, -0.05) is 12.1 Å². The maximum Gasteiger partial charge on any atom is 0.137 e. The number of hydrogen-bond donors (Lipinski definition) is 2. The summed E-state index contributed by atoms with van der Waals surface area (Å²) in [6.07, 6.45) is 0. The van der Waals surface area contributed by atoms with Gasteiger partial charge in [-0.15, -0.1) is 0 Å². The quantitative estimate of drug-likeness (QED) is 0.814. The largest absolute Gasteiger partial charge is 0.397 e. The van der Waals surface area contributed by atoms with E-state index in [9.17, 15) is 4.39 Å². The molecule has 0 aliphatic heterocycles. The van der Waals surface area contributed by atoms with E-state index >= 15 is 0 Å². The molecule has 0 radical (unpaired) electrons. The van der Waals surface area contributed by atoms with E-state index in [4.69, 9.17) is 5.73 Å². The van der Waals surface area contributed by atoms with Crippen molar-refractivity contribution >= 4 is 33.0 Å². The molecule has 0 heterocycles. The molecule has 3 N–H and O–H groups in total. The van der Waals surface area contributed by atoms with Gasteiger partial charge in [0.15, 0.2) is 0 Å². The van der Waals surface area contributed by atoms with Gasteiger partial charge in [-0.25, -0.2) is 4.39 Å². The Balaban J connectivity index is 2.35. The molecule has 0 fully saturated rings. The summed E-state index contributed by atoms with van der Waals surface area (Å²) in [6, 6.07) is 10.5. The van der Waals surface area contributed by atoms with Crippen LogP contribution in [0.2, 0.25) is 0 Å². The molecule has 0 spiro atoms. The van der Waals surface area contributed by atoms with Crippen LogP contribution in [0.5, 0.6) is 0 Å². The Morgan fingerprint density at radius 2 is 2.00 bits per heavy atom. The molecule has 2 aromatic rings. The van der Waals surface area contributed by atoms with E-state index in [0.717, 1.165) is 16.9 Å². The van der Waals surface area contributed by atoms with Gasteiger partial charge in [-0.2, -0.15) is 0 Å². The summed E-state index contributed by atoms with van der Waals surface area (Å²) in [6.45, 7) is 1.97. The topological polar surface area (TPSA) is 38.0 Å². The van der Waals surface area contributed by atoms with Gasteiger partial charge in [0.25, 0.3) is 0 Å². The molecule has 0 amide bonds. The van der Waals surface area contributed by atoms with E-state index in [1.165, 1.54) is 6.07 Å². The fraction of sp³-hybridized carbons (Fsp3) is 0.0769. The summed E-state index contributed by atoms with van der Waals surface area (Å²) in [5.41, 5.74) is 9.25. The molecule has 0 unspecified atom stereocenters. The summed E-state index contributed by atoms with van der Waals surface area (Å²) in [5.74, 6) is -0.284. The number of hydrogen-bond acceptors (Lipinski definition) is 2. The molecule has 0 atom stereocenters. The highest BCUT2D eigenvalue weighted by atomic mass is 79.9. The molecule has 0 bridgehead atoms. The van der Waals surface area contributed by atoms with Crippen LogP contribution in [-0.4, -0.2) is 0 Å². The van der Waals surface area contributed by atoms with Crippen molar-refractivity contribution in [2.45, 2.75) is 6.92 Å². The third-order valence-corrected chi connectivity index (χ3v) is 3.10. The van der Waals surface area contributed by atoms with Crippen LogP contribution in [0.1, 0.15) is 5.56 Å². The van der Waals surface area contributed by atoms with Crippen molar-refractivity contribution in [1.82, 2.24) is 0 Å². The third kappa shape index (κ3) is 2.58. The molecular weight excluding hydrogens is 283 g/mol. The molecule has 2 nitrogen and oxygen atoms in total. The second kappa shape index (κ2) is 4.75. The summed E-state index contributed by atoms with van der Waals surface area (Å²) in [4.78, 5) is 0. The first-order chi connectivity index (χ1) is 8.08. The average molecular weight is 295 g/mol. The summed E-state index contributed by atoms with van der Waals surface area (Å²) < 4.78 is 13.5. The average Bonchev–Trinajstić information content (AvgIpc) is 2.28. The molecule has 88 valence electrons. The lowest BCUT2D eigenvalue weighted by molar-refractivity contribution is 0.621. The highest BCUT2D eigenvalue weighted by Crippen LogP contribution is 2.28. The lowest BCUT2D eigenvalue weighted by Gasteiger charge is -2.12. The number of nitrogen functional groups attached to an aromatic ring is 1. The molecule has 2 aromatic carbocycles. The van der Waals surface area contributed by atoms with Crippen LogP contribution in [0.3, 0.4) is 0 Å². The second-order valence-electron chi connectivity index (χ2n) is 3.79. The van der Waals surface area contributed by atoms with E-state index in [1.807, 2.05) is 25.1 Å². The standard InChI is InChI=1S/C13H12BrFN2/c1-8-3-2-4-12(16)13(8)17-9-5-6-11(15)10(14)7-9/h2-7,17H,16H2,1H3. The van der Waals surface area contributed by atoms with Gasteiger partial charge in [-0.3, -0.25) is 0 Å². The normalized spacial score (nSPS) is 10.3. The number of anilines is 3. The van der Waals surface area contributed by atoms with Crippen molar-refractivity contribution in [1.29, 1.82) is 0 Å². The number of halogens is 2. The zero-order valence-corrected chi connectivity index (χ0v) is 10.9. The predicted molar refractivity (Wildman–Crippen MR) is 73.0 cm³/mol. The summed E-state index contributed by atoms with van der Waals surface area (Å²) in [5, 5.41) is 3.19. The second-order valence-corrected chi connectivity index (χ2v) is 4.65. The van der Waals surface area contributed by atoms with Gasteiger partial charge in [-0.05, 0) is 52.7 Å². The molecule has 0 saturated carbocycles. The van der Waals surface area contributed by atoms with Gasteiger partial charge in [0.2, 0.25) is 0 Å². The van der Waals surface area contributed by atoms with Crippen molar-refractivity contribution in [3.8, 4) is 0 Å². The van der Waals surface area contributed by atoms with Gasteiger partial charge in [0.1, 0.15) is 5.82 Å². The number of benzene rings is 2. The van der Waals surface area contributed by atoms with Crippen molar-refractivity contribution in [3.63, 3.8) is 0 Å². The zero-order valence-electron chi connectivity index (χ0n) is 9.30. The zero-order chi connectivity index (χ0) is 12.4. The molecule has 0 aromatic heterocycles. The van der Waals surface area contributed by atoms with Crippen molar-refractivity contribution in [3.05, 3.63) is 52.3 Å². The lowest BCUT2D eigenvalue weighted by Crippen LogP contribution is -1.98. The molecule has 0 aliphatic rings. The highest BCUT2D eigenvalue weighted by Gasteiger charge is 2.05. The first kappa shape index (κ1) is 11.9. The number of rotatable bonds is 2. The van der Waals surface area contributed by atoms with Crippen LogP contribution >= 0.6 is 15.9 Å². The Kier molecular flexibility index (Phi) is 3.33. The molecule has 17 heavy (non-hydrogen) atoms. The Morgan fingerprint density at radius 3 is 2.65 bits per heavy atom. The van der Waals surface area contributed by atoms with Gasteiger partial charge >= 0.3 is 0 Å². The molecule has 0 aliphatic carbocycles. The van der Waals surface area contributed by atoms with Crippen molar-refractivity contribution in [2.75, 3.05) is 11.1 Å². The van der Waals surface area contributed by atoms with Crippen LogP contribution in [0.15, 0.2) is 40.9 Å². The van der Waals surface area contributed by atoms with E-state index in [2.05, 4.69) is 21.2 Å². The summed E-state index contributed by atoms with van der Waals surface area (Å²) >= 11 is 3.15. The monoisotopic (exact) mass is 294 g/mol. The minimum Gasteiger partial charge on any atom is -0.397 e. The van der Waals surface area contributed by atoms with Crippen LogP contribution in [-0.2, 0) is 0 Å². The third-order valence-electron chi connectivity index (χ3n) is 2.49. The minimum atomic E-state index is -0.284. The molecule has 0 saturated heterocycles. The first-order valence-corrected chi connectivity index (χ1v) is 5.94. The predicted octanol–water partition coefficient (Wildman–Crippen LogP) is 4.22. The van der Waals surface area contributed by atoms with E-state index in [0.29, 0.717) is 10.2 Å². The maximum atomic E-state index is 13.1. The van der Waals surface area contributed by atoms with E-state index in [1.54, 1.807) is 12.1 Å².